The number of piperidine rings is 1. The number of hydrogen-bond donors (Lipinski definition) is 3. The van der Waals surface area contributed by atoms with Gasteiger partial charge in [-0.3, -0.25) is 9.69 Å². The van der Waals surface area contributed by atoms with Crippen molar-refractivity contribution in [3.8, 4) is 5.75 Å². The average molecular weight is 519 g/mol. The molecule has 1 aromatic heterocycles. The Kier molecular flexibility index (Phi) is 4.88. The number of benzene rings is 2. The maximum Gasteiger partial charge on any atom is 0.267 e. The minimum atomic E-state index is -4.01. The molecule has 2 heterocycles. The number of likely N-dealkylation sites (tertiary alicyclic amines) is 1. The molecule has 1 saturated heterocycles. The van der Waals surface area contributed by atoms with Crippen LogP contribution in [-0.2, 0) is 34.5 Å². The quantitative estimate of drug-likeness (QED) is 0.490. The number of nitrogens with one attached hydrogen (secondary N) is 1. The highest BCUT2D eigenvalue weighted by atomic mass is 32.2. The second kappa shape index (κ2) is 7.79. The summed E-state index contributed by atoms with van der Waals surface area (Å²) in [7, 11) is -4.01. The molecule has 1 saturated carbocycles. The maximum atomic E-state index is 13.4. The van der Waals surface area contributed by atoms with Crippen LogP contribution in [0.5, 0.6) is 5.75 Å². The molecule has 2 bridgehead atoms. The molecule has 3 atom stereocenters. The van der Waals surface area contributed by atoms with Gasteiger partial charge in [-0.15, -0.1) is 0 Å². The summed E-state index contributed by atoms with van der Waals surface area (Å²) in [4.78, 5) is 18.3. The molecule has 4 aliphatic rings. The molecular weight excluding hydrogens is 488 g/mol. The van der Waals surface area contributed by atoms with E-state index in [0.717, 1.165) is 24.2 Å². The summed E-state index contributed by atoms with van der Waals surface area (Å²) < 4.78 is 26.7. The number of hydrogen-bond acceptors (Lipinski definition) is 6. The number of aliphatic hydroxyl groups is 1. The SMILES string of the molecule is O=c1[nH]c2c(cc1S(=O)(=O)c1ccccc1)C[C@@]1(O)[C@H]3Cc4ccc(O)cc4[C@@]1(CCN3CC1CC1)C2. The van der Waals surface area contributed by atoms with Crippen LogP contribution in [-0.4, -0.2) is 53.2 Å². The van der Waals surface area contributed by atoms with Crippen LogP contribution in [0.3, 0.4) is 0 Å². The molecule has 3 aromatic rings. The van der Waals surface area contributed by atoms with Gasteiger partial charge >= 0.3 is 0 Å². The summed E-state index contributed by atoms with van der Waals surface area (Å²) >= 11 is 0. The van der Waals surface area contributed by atoms with Crippen LogP contribution < -0.4 is 5.56 Å². The van der Waals surface area contributed by atoms with Gasteiger partial charge in [0.2, 0.25) is 9.84 Å². The van der Waals surface area contributed by atoms with E-state index in [1.165, 1.54) is 31.0 Å². The number of H-pyrrole nitrogens is 1. The Bertz CT molecular complexity index is 1580. The maximum absolute atomic E-state index is 13.4. The lowest BCUT2D eigenvalue weighted by molar-refractivity contribution is -0.152. The molecule has 0 amide bonds. The van der Waals surface area contributed by atoms with Crippen LogP contribution in [0.15, 0.2) is 69.2 Å². The molecule has 37 heavy (non-hydrogen) atoms. The molecule has 192 valence electrons. The van der Waals surface area contributed by atoms with Crippen molar-refractivity contribution in [1.29, 1.82) is 0 Å². The van der Waals surface area contributed by atoms with Crippen LogP contribution in [0, 0.1) is 5.92 Å². The van der Waals surface area contributed by atoms with E-state index >= 15 is 0 Å². The van der Waals surface area contributed by atoms with E-state index in [-0.39, 0.29) is 28.0 Å². The van der Waals surface area contributed by atoms with Crippen molar-refractivity contribution in [3.63, 3.8) is 0 Å². The van der Waals surface area contributed by atoms with Crippen molar-refractivity contribution < 1.29 is 18.6 Å². The zero-order valence-electron chi connectivity index (χ0n) is 20.5. The van der Waals surface area contributed by atoms with Gasteiger partial charge in [0, 0.05) is 36.5 Å². The van der Waals surface area contributed by atoms with Gasteiger partial charge in [-0.2, -0.15) is 0 Å². The summed E-state index contributed by atoms with van der Waals surface area (Å²) in [6, 6.07) is 14.8. The molecule has 3 aliphatic carbocycles. The minimum Gasteiger partial charge on any atom is -0.508 e. The first-order chi connectivity index (χ1) is 17.7. The summed E-state index contributed by atoms with van der Waals surface area (Å²) in [6.45, 7) is 1.81. The Hall–Kier alpha value is -2.94. The number of aromatic amines is 1. The van der Waals surface area contributed by atoms with Gasteiger partial charge in [-0.05, 0) is 85.2 Å². The topological polar surface area (TPSA) is 111 Å². The third-order valence-electron chi connectivity index (χ3n) is 9.32. The Labute approximate surface area is 215 Å². The first kappa shape index (κ1) is 23.2. The zero-order valence-corrected chi connectivity index (χ0v) is 21.3. The molecular formula is C29H30N2O5S. The number of pyridine rings is 1. The number of fused-ring (bicyclic) bond motifs is 2. The van der Waals surface area contributed by atoms with E-state index in [2.05, 4.69) is 9.88 Å². The first-order valence-electron chi connectivity index (χ1n) is 13.1. The highest BCUT2D eigenvalue weighted by molar-refractivity contribution is 7.91. The van der Waals surface area contributed by atoms with E-state index in [0.29, 0.717) is 36.4 Å². The predicted molar refractivity (Wildman–Crippen MR) is 138 cm³/mol. The Balaban J connectivity index is 1.39. The lowest BCUT2D eigenvalue weighted by Crippen LogP contribution is -2.74. The molecule has 3 N–H and O–H groups in total. The monoisotopic (exact) mass is 518 g/mol. The normalized spacial score (nSPS) is 28.7. The van der Waals surface area contributed by atoms with Gasteiger partial charge in [0.15, 0.2) is 0 Å². The predicted octanol–water partition coefficient (Wildman–Crippen LogP) is 2.72. The molecule has 1 aliphatic heterocycles. The molecule has 8 heteroatoms. The third kappa shape index (κ3) is 3.32. The number of phenols is 1. The van der Waals surface area contributed by atoms with Gasteiger partial charge in [-0.25, -0.2) is 8.42 Å². The lowest BCUT2D eigenvalue weighted by atomic mass is 9.49. The Morgan fingerprint density at radius 2 is 1.81 bits per heavy atom. The molecule has 7 nitrogen and oxygen atoms in total. The van der Waals surface area contributed by atoms with Gasteiger partial charge in [0.1, 0.15) is 10.6 Å². The third-order valence-corrected chi connectivity index (χ3v) is 11.1. The van der Waals surface area contributed by atoms with E-state index in [4.69, 9.17) is 0 Å². The molecule has 0 unspecified atom stereocenters. The second-order valence-corrected chi connectivity index (χ2v) is 13.3. The second-order valence-electron chi connectivity index (χ2n) is 11.4. The van der Waals surface area contributed by atoms with Gasteiger partial charge in [-0.1, -0.05) is 24.3 Å². The molecule has 7 rings (SSSR count). The molecule has 2 fully saturated rings. The van der Waals surface area contributed by atoms with Gasteiger partial charge in [0.05, 0.1) is 10.5 Å². The highest BCUT2D eigenvalue weighted by Gasteiger charge is 2.64. The summed E-state index contributed by atoms with van der Waals surface area (Å²) in [5, 5.41) is 23.1. The Morgan fingerprint density at radius 1 is 1.03 bits per heavy atom. The largest absolute Gasteiger partial charge is 0.508 e. The van der Waals surface area contributed by atoms with Crippen molar-refractivity contribution >= 4 is 9.84 Å². The highest BCUT2D eigenvalue weighted by Crippen LogP contribution is 2.57. The van der Waals surface area contributed by atoms with Gasteiger partial charge in [0.25, 0.3) is 5.56 Å². The fourth-order valence-corrected chi connectivity index (χ4v) is 8.65. The standard InChI is InChI=1S/C29H30N2O5S/c32-21-9-8-19-13-26-29(34)15-20-12-25(37(35,36)22-4-2-1-3-5-22)27(33)30-24(20)16-28(29,23(19)14-21)10-11-31(26)17-18-6-7-18/h1-5,8-9,12,14,18,26,32,34H,6-7,10-11,13,15-17H2,(H,30,33)/t26-,28-,29-/m1/s1. The summed E-state index contributed by atoms with van der Waals surface area (Å²) in [5.41, 5.74) is 0.965. The summed E-state index contributed by atoms with van der Waals surface area (Å²) in [6.07, 6.45) is 4.47. The molecule has 0 spiro atoms. The van der Waals surface area contributed by atoms with E-state index < -0.39 is 26.4 Å². The smallest absolute Gasteiger partial charge is 0.267 e. The number of aromatic nitrogens is 1. The number of sulfone groups is 1. The molecule has 2 aromatic carbocycles. The number of rotatable bonds is 4. The van der Waals surface area contributed by atoms with Crippen molar-refractivity contribution in [2.75, 3.05) is 13.1 Å². The van der Waals surface area contributed by atoms with Crippen LogP contribution >= 0.6 is 0 Å². The van der Waals surface area contributed by atoms with Gasteiger partial charge < -0.3 is 15.2 Å². The van der Waals surface area contributed by atoms with Crippen molar-refractivity contribution in [2.45, 2.75) is 65.4 Å². The first-order valence-corrected chi connectivity index (χ1v) is 14.5. The number of nitrogens with zero attached hydrogens (tertiary/aromatic N) is 1. The number of aromatic hydroxyl groups is 1. The molecule has 0 radical (unpaired) electrons. The fourth-order valence-electron chi connectivity index (χ4n) is 7.29. The minimum absolute atomic E-state index is 0.0704. The Morgan fingerprint density at radius 3 is 2.57 bits per heavy atom. The van der Waals surface area contributed by atoms with Crippen molar-refractivity contribution in [3.05, 3.63) is 87.3 Å². The summed E-state index contributed by atoms with van der Waals surface area (Å²) in [5.74, 6) is 0.838. The van der Waals surface area contributed by atoms with E-state index in [1.807, 2.05) is 6.07 Å². The van der Waals surface area contributed by atoms with Crippen LogP contribution in [0.1, 0.15) is 41.6 Å². The van der Waals surface area contributed by atoms with E-state index in [9.17, 15) is 23.4 Å². The number of phenolic OH excluding ortho intramolecular Hbond substituents is 1. The average Bonchev–Trinajstić information content (AvgIpc) is 3.69. The van der Waals surface area contributed by atoms with Crippen LogP contribution in [0.25, 0.3) is 0 Å². The fraction of sp³-hybridized carbons (Fsp3) is 0.414. The van der Waals surface area contributed by atoms with E-state index in [1.54, 1.807) is 30.3 Å². The lowest BCUT2D eigenvalue weighted by Gasteiger charge is -2.63. The van der Waals surface area contributed by atoms with Crippen LogP contribution in [0.4, 0.5) is 0 Å². The van der Waals surface area contributed by atoms with Crippen LogP contribution in [0.2, 0.25) is 0 Å². The zero-order chi connectivity index (χ0) is 25.6. The van der Waals surface area contributed by atoms with Crippen molar-refractivity contribution in [2.24, 2.45) is 5.92 Å². The van der Waals surface area contributed by atoms with Crippen molar-refractivity contribution in [1.82, 2.24) is 9.88 Å².